The van der Waals surface area contributed by atoms with E-state index in [2.05, 4.69) is 26.7 Å². The number of aromatic nitrogens is 2. The molecule has 3 rings (SSSR count). The topological polar surface area (TPSA) is 80.7 Å². The van der Waals surface area contributed by atoms with Crippen LogP contribution in [0.4, 0.5) is 4.39 Å². The maximum absolute atomic E-state index is 12.9. The first-order valence-corrected chi connectivity index (χ1v) is 7.60. The molecule has 1 aliphatic heterocycles. The molecule has 2 heterocycles. The Morgan fingerprint density at radius 3 is 2.70 bits per heavy atom. The van der Waals surface area contributed by atoms with Crippen LogP contribution in [0.1, 0.15) is 12.8 Å². The summed E-state index contributed by atoms with van der Waals surface area (Å²) in [5.41, 5.74) is 1.50. The predicted molar refractivity (Wildman–Crippen MR) is 85.7 cm³/mol. The molecule has 1 aromatic heterocycles. The number of aliphatic imine (C=N–C) groups is 2. The molecule has 116 valence electrons. The number of benzene rings is 1. The van der Waals surface area contributed by atoms with Crippen LogP contribution in [0.5, 0.6) is 0 Å². The summed E-state index contributed by atoms with van der Waals surface area (Å²) >= 11 is 1.22. The van der Waals surface area contributed by atoms with E-state index < -0.39 is 5.91 Å². The van der Waals surface area contributed by atoms with Crippen molar-refractivity contribution in [3.63, 3.8) is 0 Å². The van der Waals surface area contributed by atoms with Crippen molar-refractivity contribution < 1.29 is 13.7 Å². The summed E-state index contributed by atoms with van der Waals surface area (Å²) in [6.07, 6.45) is 0. The Balaban J connectivity index is 1.68. The lowest BCUT2D eigenvalue weighted by Crippen LogP contribution is -2.15. The van der Waals surface area contributed by atoms with E-state index in [4.69, 9.17) is 4.52 Å². The molecule has 0 spiro atoms. The van der Waals surface area contributed by atoms with Crippen LogP contribution < -0.4 is 0 Å². The van der Waals surface area contributed by atoms with Gasteiger partial charge in [0.2, 0.25) is 11.7 Å². The lowest BCUT2D eigenvalue weighted by Gasteiger charge is -2.08. The third-order valence-corrected chi connectivity index (χ3v) is 3.88. The minimum Gasteiger partial charge on any atom is -0.338 e. The number of nitrogens with zero attached hydrogens (tertiary/aromatic N) is 4. The van der Waals surface area contributed by atoms with Gasteiger partial charge in [0.15, 0.2) is 5.17 Å². The molecule has 6 nitrogen and oxygen atoms in total. The zero-order valence-electron chi connectivity index (χ0n) is 12.1. The second-order valence-corrected chi connectivity index (χ2v) is 5.63. The normalized spacial score (nSPS) is 14.7. The SMILES string of the molecule is C=C1C(=O)N=C(SCc2nc(-c3ccc(F)cc3)no2)N=C1C. The Labute approximate surface area is 135 Å². The van der Waals surface area contributed by atoms with Crippen LogP contribution in [-0.2, 0) is 10.5 Å². The maximum Gasteiger partial charge on any atom is 0.280 e. The summed E-state index contributed by atoms with van der Waals surface area (Å²) in [4.78, 5) is 23.8. The Morgan fingerprint density at radius 1 is 1.26 bits per heavy atom. The fourth-order valence-corrected chi connectivity index (χ4v) is 2.48. The van der Waals surface area contributed by atoms with E-state index in [0.717, 1.165) is 0 Å². The zero-order valence-corrected chi connectivity index (χ0v) is 12.9. The Kier molecular flexibility index (Phi) is 4.16. The second-order valence-electron chi connectivity index (χ2n) is 4.68. The number of carbonyl (C=O) groups excluding carboxylic acids is 1. The van der Waals surface area contributed by atoms with E-state index in [1.54, 1.807) is 19.1 Å². The average Bonchev–Trinajstić information content (AvgIpc) is 3.00. The smallest absolute Gasteiger partial charge is 0.280 e. The summed E-state index contributed by atoms with van der Waals surface area (Å²) < 4.78 is 18.0. The zero-order chi connectivity index (χ0) is 16.4. The summed E-state index contributed by atoms with van der Waals surface area (Å²) in [6.45, 7) is 5.31. The van der Waals surface area contributed by atoms with E-state index in [-0.39, 0.29) is 5.82 Å². The molecule has 2 aromatic rings. The summed E-state index contributed by atoms with van der Waals surface area (Å²) in [7, 11) is 0. The van der Waals surface area contributed by atoms with Crippen molar-refractivity contribution >= 4 is 28.5 Å². The van der Waals surface area contributed by atoms with Crippen molar-refractivity contribution in [2.75, 3.05) is 0 Å². The minimum absolute atomic E-state index is 0.297. The molecule has 1 aromatic carbocycles. The molecule has 0 unspecified atom stereocenters. The quantitative estimate of drug-likeness (QED) is 0.808. The monoisotopic (exact) mass is 330 g/mol. The van der Waals surface area contributed by atoms with Gasteiger partial charge in [0.1, 0.15) is 5.82 Å². The van der Waals surface area contributed by atoms with Crippen molar-refractivity contribution in [3.05, 3.63) is 48.1 Å². The molecule has 23 heavy (non-hydrogen) atoms. The second kappa shape index (κ2) is 6.25. The van der Waals surface area contributed by atoms with Gasteiger partial charge in [-0.3, -0.25) is 4.79 Å². The van der Waals surface area contributed by atoms with Crippen LogP contribution in [0.15, 0.2) is 50.9 Å². The Morgan fingerprint density at radius 2 is 2.00 bits per heavy atom. The predicted octanol–water partition coefficient (Wildman–Crippen LogP) is 3.02. The molecule has 0 bridgehead atoms. The highest BCUT2D eigenvalue weighted by atomic mass is 32.2. The summed E-state index contributed by atoms with van der Waals surface area (Å²) in [6, 6.07) is 5.79. The average molecular weight is 330 g/mol. The molecule has 0 N–H and O–H groups in total. The van der Waals surface area contributed by atoms with Crippen LogP contribution in [0.2, 0.25) is 0 Å². The van der Waals surface area contributed by atoms with Gasteiger partial charge in [0, 0.05) is 5.56 Å². The molecular weight excluding hydrogens is 319 g/mol. The van der Waals surface area contributed by atoms with Crippen molar-refractivity contribution in [2.24, 2.45) is 9.98 Å². The van der Waals surface area contributed by atoms with Crippen LogP contribution in [0.3, 0.4) is 0 Å². The molecule has 8 heteroatoms. The van der Waals surface area contributed by atoms with Gasteiger partial charge >= 0.3 is 0 Å². The van der Waals surface area contributed by atoms with Gasteiger partial charge in [0.25, 0.3) is 5.91 Å². The first-order valence-electron chi connectivity index (χ1n) is 6.62. The molecule has 0 fully saturated rings. The molecule has 0 saturated heterocycles. The highest BCUT2D eigenvalue weighted by molar-refractivity contribution is 8.13. The van der Waals surface area contributed by atoms with E-state index in [1.807, 2.05) is 0 Å². The van der Waals surface area contributed by atoms with E-state index in [0.29, 0.717) is 39.5 Å². The molecule has 1 aliphatic rings. The molecular formula is C15H11FN4O2S. The van der Waals surface area contributed by atoms with Crippen molar-refractivity contribution in [1.29, 1.82) is 0 Å². The van der Waals surface area contributed by atoms with Crippen molar-refractivity contribution in [2.45, 2.75) is 12.7 Å². The summed E-state index contributed by atoms with van der Waals surface area (Å²) in [5, 5.41) is 4.18. The van der Waals surface area contributed by atoms with E-state index >= 15 is 0 Å². The van der Waals surface area contributed by atoms with Gasteiger partial charge in [0.05, 0.1) is 17.0 Å². The van der Waals surface area contributed by atoms with Crippen LogP contribution in [0, 0.1) is 5.82 Å². The maximum atomic E-state index is 12.9. The minimum atomic E-state index is -0.391. The van der Waals surface area contributed by atoms with Gasteiger partial charge in [-0.05, 0) is 31.2 Å². The Hall–Kier alpha value is -2.61. The molecule has 0 saturated carbocycles. The van der Waals surface area contributed by atoms with Gasteiger partial charge in [-0.25, -0.2) is 9.38 Å². The van der Waals surface area contributed by atoms with E-state index in [9.17, 15) is 9.18 Å². The van der Waals surface area contributed by atoms with Gasteiger partial charge in [-0.1, -0.05) is 23.5 Å². The number of carbonyl (C=O) groups is 1. The van der Waals surface area contributed by atoms with Crippen molar-refractivity contribution in [1.82, 2.24) is 10.1 Å². The fourth-order valence-electron chi connectivity index (χ4n) is 1.77. The molecule has 0 radical (unpaired) electrons. The van der Waals surface area contributed by atoms with E-state index in [1.165, 1.54) is 23.9 Å². The molecule has 1 amide bonds. The third kappa shape index (κ3) is 3.42. The van der Waals surface area contributed by atoms with Gasteiger partial charge < -0.3 is 4.52 Å². The molecule has 0 aliphatic carbocycles. The van der Waals surface area contributed by atoms with Crippen LogP contribution in [0.25, 0.3) is 11.4 Å². The number of thioether (sulfide) groups is 1. The number of amidine groups is 1. The highest BCUT2D eigenvalue weighted by Crippen LogP contribution is 2.21. The number of halogens is 1. The lowest BCUT2D eigenvalue weighted by molar-refractivity contribution is -0.113. The number of rotatable bonds is 3. The first-order chi connectivity index (χ1) is 11.0. The van der Waals surface area contributed by atoms with Gasteiger partial charge in [-0.15, -0.1) is 0 Å². The third-order valence-electron chi connectivity index (χ3n) is 3.05. The number of hydrogen-bond donors (Lipinski definition) is 0. The lowest BCUT2D eigenvalue weighted by atomic mass is 10.2. The highest BCUT2D eigenvalue weighted by Gasteiger charge is 2.18. The number of hydrogen-bond acceptors (Lipinski definition) is 6. The summed E-state index contributed by atoms with van der Waals surface area (Å²) in [5.74, 6) is 0.334. The van der Waals surface area contributed by atoms with Crippen LogP contribution in [-0.4, -0.2) is 26.9 Å². The number of amides is 1. The fraction of sp³-hybridized carbons (Fsp3) is 0.133. The van der Waals surface area contributed by atoms with Crippen molar-refractivity contribution in [3.8, 4) is 11.4 Å². The largest absolute Gasteiger partial charge is 0.338 e. The standard InChI is InChI=1S/C15H11FN4O2S/c1-8-9(2)17-15(19-14(8)21)23-7-12-18-13(20-22-12)10-3-5-11(16)6-4-10/h3-6H,1,7H2,2H3. The first kappa shape index (κ1) is 15.3. The Bertz CT molecular complexity index is 839. The van der Waals surface area contributed by atoms with Crippen LogP contribution >= 0.6 is 11.8 Å². The molecule has 0 atom stereocenters. The van der Waals surface area contributed by atoms with Gasteiger partial charge in [-0.2, -0.15) is 9.98 Å².